The number of fused-ring (bicyclic) bond motifs is 1. The van der Waals surface area contributed by atoms with Crippen molar-refractivity contribution in [2.24, 2.45) is 0 Å². The van der Waals surface area contributed by atoms with Gasteiger partial charge in [-0.15, -0.1) is 0 Å². The summed E-state index contributed by atoms with van der Waals surface area (Å²) in [5, 5.41) is 8.02. The fourth-order valence-corrected chi connectivity index (χ4v) is 3.51. The highest BCUT2D eigenvalue weighted by molar-refractivity contribution is 5.89. The highest BCUT2D eigenvalue weighted by atomic mass is 16.2. The Hall–Kier alpha value is -3.61. The van der Waals surface area contributed by atoms with Gasteiger partial charge in [-0.2, -0.15) is 0 Å². The monoisotopic (exact) mass is 433 g/mol. The Kier molecular flexibility index (Phi) is 8.02. The number of nitrogens with two attached hydrogens (primary N) is 1. The largest absolute Gasteiger partial charge is 0.384 e. The van der Waals surface area contributed by atoms with E-state index in [1.165, 1.54) is 0 Å². The molecule has 0 saturated carbocycles. The fourth-order valence-electron chi connectivity index (χ4n) is 3.51. The number of nitrogens with one attached hydrogen (secondary N) is 2. The van der Waals surface area contributed by atoms with Crippen LogP contribution in [0.15, 0.2) is 60.8 Å². The maximum atomic E-state index is 13.1. The third kappa shape index (κ3) is 6.20. The van der Waals surface area contributed by atoms with E-state index in [0.717, 1.165) is 34.7 Å². The van der Waals surface area contributed by atoms with E-state index >= 15 is 0 Å². The van der Waals surface area contributed by atoms with Crippen LogP contribution in [0.2, 0.25) is 0 Å². The molecule has 0 saturated heterocycles. The van der Waals surface area contributed by atoms with E-state index in [0.29, 0.717) is 25.3 Å². The predicted octanol–water partition coefficient (Wildman–Crippen LogP) is 3.49. The van der Waals surface area contributed by atoms with Gasteiger partial charge in [0.05, 0.1) is 0 Å². The van der Waals surface area contributed by atoms with Gasteiger partial charge in [-0.25, -0.2) is 9.78 Å². The van der Waals surface area contributed by atoms with Crippen LogP contribution in [0.25, 0.3) is 10.8 Å². The molecule has 7 nitrogen and oxygen atoms in total. The molecule has 0 bridgehead atoms. The van der Waals surface area contributed by atoms with Gasteiger partial charge in [0.2, 0.25) is 5.91 Å². The molecular formula is C25H31N5O2. The molecule has 0 radical (unpaired) electrons. The van der Waals surface area contributed by atoms with Crippen molar-refractivity contribution in [3.05, 3.63) is 71.9 Å². The van der Waals surface area contributed by atoms with Crippen molar-refractivity contribution in [2.45, 2.75) is 38.8 Å². The second kappa shape index (κ2) is 11.1. The van der Waals surface area contributed by atoms with E-state index < -0.39 is 6.04 Å². The zero-order chi connectivity index (χ0) is 22.9. The molecule has 0 aliphatic carbocycles. The van der Waals surface area contributed by atoms with Crippen molar-refractivity contribution >= 4 is 28.5 Å². The number of carbonyl (C=O) groups is 2. The average Bonchev–Trinajstić information content (AvgIpc) is 2.81. The van der Waals surface area contributed by atoms with Crippen LogP contribution in [0.5, 0.6) is 0 Å². The highest BCUT2D eigenvalue weighted by Crippen LogP contribution is 2.20. The molecule has 0 aliphatic heterocycles. The molecule has 1 atom stereocenters. The molecule has 1 aromatic heterocycles. The lowest BCUT2D eigenvalue weighted by molar-refractivity contribution is -0.123. The van der Waals surface area contributed by atoms with E-state index in [-0.39, 0.29) is 11.9 Å². The summed E-state index contributed by atoms with van der Waals surface area (Å²) in [5.74, 6) is 0.184. The molecule has 1 heterocycles. The third-order valence-corrected chi connectivity index (χ3v) is 5.43. The molecule has 0 spiro atoms. The molecule has 4 N–H and O–H groups in total. The molecule has 0 aliphatic rings. The van der Waals surface area contributed by atoms with Crippen molar-refractivity contribution in [2.75, 3.05) is 19.3 Å². The van der Waals surface area contributed by atoms with Gasteiger partial charge in [0.15, 0.2) is 0 Å². The lowest BCUT2D eigenvalue weighted by Gasteiger charge is -2.24. The van der Waals surface area contributed by atoms with Crippen molar-refractivity contribution in [1.29, 1.82) is 0 Å². The molecule has 3 amide bonds. The standard InChI is InChI=1S/C25H31N5O2/c1-3-4-14-30(2)25(32)29-22(24(31)28-17-18-12-13-23(26)27-16-18)15-20-10-7-9-19-8-5-6-11-21(19)20/h5-13,16,22H,3-4,14-15,17H2,1-2H3,(H2,26,27)(H,28,31)(H,29,32). The van der Waals surface area contributed by atoms with Gasteiger partial charge in [-0.1, -0.05) is 61.9 Å². The Balaban J connectivity index is 1.77. The number of benzene rings is 2. The fraction of sp³-hybridized carbons (Fsp3) is 0.320. The van der Waals surface area contributed by atoms with Gasteiger partial charge in [0.25, 0.3) is 0 Å². The summed E-state index contributed by atoms with van der Waals surface area (Å²) in [7, 11) is 1.75. The molecule has 1 unspecified atom stereocenters. The maximum Gasteiger partial charge on any atom is 0.317 e. The lowest BCUT2D eigenvalue weighted by atomic mass is 9.98. The van der Waals surface area contributed by atoms with Gasteiger partial charge in [-0.05, 0) is 34.4 Å². The Labute approximate surface area is 189 Å². The molecular weight excluding hydrogens is 402 g/mol. The van der Waals surface area contributed by atoms with Crippen LogP contribution in [0, 0.1) is 0 Å². The van der Waals surface area contributed by atoms with Crippen molar-refractivity contribution in [1.82, 2.24) is 20.5 Å². The van der Waals surface area contributed by atoms with Crippen LogP contribution < -0.4 is 16.4 Å². The molecule has 3 rings (SSSR count). The molecule has 3 aromatic rings. The van der Waals surface area contributed by atoms with Crippen LogP contribution in [-0.4, -0.2) is 41.5 Å². The summed E-state index contributed by atoms with van der Waals surface area (Å²) >= 11 is 0. The van der Waals surface area contributed by atoms with Gasteiger partial charge >= 0.3 is 6.03 Å². The van der Waals surface area contributed by atoms with E-state index in [4.69, 9.17) is 5.73 Å². The van der Waals surface area contributed by atoms with Gasteiger partial charge < -0.3 is 21.3 Å². The second-order valence-corrected chi connectivity index (χ2v) is 7.93. The van der Waals surface area contributed by atoms with E-state index in [9.17, 15) is 9.59 Å². The first-order chi connectivity index (χ1) is 15.5. The number of unbranched alkanes of at least 4 members (excludes halogenated alkanes) is 1. The number of anilines is 1. The van der Waals surface area contributed by atoms with Crippen molar-refractivity contribution in [3.63, 3.8) is 0 Å². The first-order valence-corrected chi connectivity index (χ1v) is 10.9. The maximum absolute atomic E-state index is 13.1. The Bertz CT molecular complexity index is 1050. The molecule has 0 fully saturated rings. The number of hydrogen-bond acceptors (Lipinski definition) is 4. The van der Waals surface area contributed by atoms with E-state index in [1.807, 2.05) is 48.5 Å². The van der Waals surface area contributed by atoms with Gasteiger partial charge in [0.1, 0.15) is 11.9 Å². The van der Waals surface area contributed by atoms with Crippen LogP contribution in [-0.2, 0) is 17.8 Å². The van der Waals surface area contributed by atoms with Crippen LogP contribution in [0.3, 0.4) is 0 Å². The minimum Gasteiger partial charge on any atom is -0.384 e. The lowest BCUT2D eigenvalue weighted by Crippen LogP contribution is -2.51. The number of pyridine rings is 1. The first kappa shape index (κ1) is 23.1. The number of nitrogens with zero attached hydrogens (tertiary/aromatic N) is 2. The van der Waals surface area contributed by atoms with E-state index in [1.54, 1.807) is 24.2 Å². The topological polar surface area (TPSA) is 100 Å². The SMILES string of the molecule is CCCCN(C)C(=O)NC(Cc1cccc2ccccc12)C(=O)NCc1ccc(N)nc1. The number of nitrogen functional groups attached to an aromatic ring is 1. The number of rotatable bonds is 9. The molecule has 32 heavy (non-hydrogen) atoms. The summed E-state index contributed by atoms with van der Waals surface area (Å²) in [6, 6.07) is 16.6. The highest BCUT2D eigenvalue weighted by Gasteiger charge is 2.23. The average molecular weight is 434 g/mol. The summed E-state index contributed by atoms with van der Waals surface area (Å²) in [5.41, 5.74) is 7.47. The zero-order valence-corrected chi connectivity index (χ0v) is 18.7. The zero-order valence-electron chi connectivity index (χ0n) is 18.7. The minimum atomic E-state index is -0.709. The smallest absolute Gasteiger partial charge is 0.317 e. The first-order valence-electron chi connectivity index (χ1n) is 10.9. The van der Waals surface area contributed by atoms with Gasteiger partial charge in [0, 0.05) is 32.8 Å². The molecule has 7 heteroatoms. The summed E-state index contributed by atoms with van der Waals surface area (Å²) in [4.78, 5) is 31.5. The van der Waals surface area contributed by atoms with Crippen LogP contribution in [0.1, 0.15) is 30.9 Å². The number of urea groups is 1. The second-order valence-electron chi connectivity index (χ2n) is 7.93. The Morgan fingerprint density at radius 3 is 2.62 bits per heavy atom. The Morgan fingerprint density at radius 1 is 1.09 bits per heavy atom. The minimum absolute atomic E-state index is 0.244. The van der Waals surface area contributed by atoms with Crippen molar-refractivity contribution < 1.29 is 9.59 Å². The predicted molar refractivity (Wildman–Crippen MR) is 128 cm³/mol. The van der Waals surface area contributed by atoms with E-state index in [2.05, 4.69) is 22.5 Å². The number of carbonyl (C=O) groups excluding carboxylic acids is 2. The summed E-state index contributed by atoms with van der Waals surface area (Å²) < 4.78 is 0. The Morgan fingerprint density at radius 2 is 1.88 bits per heavy atom. The van der Waals surface area contributed by atoms with Crippen molar-refractivity contribution in [3.8, 4) is 0 Å². The summed E-state index contributed by atoms with van der Waals surface area (Å²) in [6.45, 7) is 3.02. The van der Waals surface area contributed by atoms with Crippen LogP contribution >= 0.6 is 0 Å². The number of hydrogen-bond donors (Lipinski definition) is 3. The van der Waals surface area contributed by atoms with Gasteiger partial charge in [-0.3, -0.25) is 4.79 Å². The molecule has 2 aromatic carbocycles. The number of amides is 3. The number of aromatic nitrogens is 1. The quantitative estimate of drug-likeness (QED) is 0.481. The summed E-state index contributed by atoms with van der Waals surface area (Å²) in [6.07, 6.45) is 3.92. The normalized spacial score (nSPS) is 11.7. The third-order valence-electron chi connectivity index (χ3n) is 5.43. The van der Waals surface area contributed by atoms with Crippen LogP contribution in [0.4, 0.5) is 10.6 Å². The molecule has 168 valence electrons.